The van der Waals surface area contributed by atoms with E-state index in [-0.39, 0.29) is 5.91 Å². The SMILES string of the molecule is CCOc1ccc(C(=O)N/N=C/c2ccc(OCc3cccc4ccccc34)c(OCC)c2)cc1. The molecule has 6 heteroatoms. The quantitative estimate of drug-likeness (QED) is 0.230. The summed E-state index contributed by atoms with van der Waals surface area (Å²) in [5.74, 6) is 1.69. The first-order chi connectivity index (χ1) is 17.2. The highest BCUT2D eigenvalue weighted by Gasteiger charge is 2.09. The molecular formula is C29H28N2O4. The number of hydrogen-bond acceptors (Lipinski definition) is 5. The molecule has 0 spiro atoms. The first kappa shape index (κ1) is 23.8. The van der Waals surface area contributed by atoms with Gasteiger partial charge in [-0.2, -0.15) is 5.10 Å². The summed E-state index contributed by atoms with van der Waals surface area (Å²) in [4.78, 5) is 12.3. The van der Waals surface area contributed by atoms with E-state index in [2.05, 4.69) is 34.8 Å². The second-order valence-electron chi connectivity index (χ2n) is 7.72. The van der Waals surface area contributed by atoms with Crippen molar-refractivity contribution in [3.63, 3.8) is 0 Å². The molecule has 1 amide bonds. The van der Waals surface area contributed by atoms with Crippen LogP contribution in [0.15, 0.2) is 90.0 Å². The first-order valence-electron chi connectivity index (χ1n) is 11.6. The number of nitrogens with zero attached hydrogens (tertiary/aromatic N) is 1. The molecule has 0 aliphatic rings. The highest BCUT2D eigenvalue weighted by molar-refractivity contribution is 5.95. The number of benzene rings is 4. The minimum Gasteiger partial charge on any atom is -0.494 e. The third-order valence-electron chi connectivity index (χ3n) is 5.34. The standard InChI is InChI=1S/C29H28N2O4/c1-3-33-25-15-13-23(14-16-25)29(32)31-30-19-21-12-17-27(28(18-21)34-4-2)35-20-24-10-7-9-22-8-5-6-11-26(22)24/h5-19H,3-4,20H2,1-2H3,(H,31,32)/b30-19+. The molecule has 35 heavy (non-hydrogen) atoms. The van der Waals surface area contributed by atoms with Gasteiger partial charge in [0.2, 0.25) is 0 Å². The fourth-order valence-corrected chi connectivity index (χ4v) is 3.67. The number of carbonyl (C=O) groups excluding carboxylic acids is 1. The Kier molecular flexibility index (Phi) is 7.96. The Hall–Kier alpha value is -4.32. The number of ether oxygens (including phenoxy) is 3. The van der Waals surface area contributed by atoms with Crippen molar-refractivity contribution < 1.29 is 19.0 Å². The summed E-state index contributed by atoms with van der Waals surface area (Å²) in [7, 11) is 0. The summed E-state index contributed by atoms with van der Waals surface area (Å²) in [6, 6.07) is 26.9. The second kappa shape index (κ2) is 11.7. The number of amides is 1. The zero-order chi connectivity index (χ0) is 24.5. The van der Waals surface area contributed by atoms with Gasteiger partial charge in [0.15, 0.2) is 11.5 Å². The van der Waals surface area contributed by atoms with Crippen LogP contribution in [0.1, 0.15) is 35.3 Å². The van der Waals surface area contributed by atoms with Gasteiger partial charge in [-0.05, 0) is 78.2 Å². The molecule has 0 heterocycles. The molecule has 0 unspecified atom stereocenters. The average Bonchev–Trinajstić information content (AvgIpc) is 2.89. The summed E-state index contributed by atoms with van der Waals surface area (Å²) in [6.07, 6.45) is 1.57. The van der Waals surface area contributed by atoms with E-state index in [0.717, 1.165) is 16.9 Å². The first-order valence-corrected chi connectivity index (χ1v) is 11.6. The van der Waals surface area contributed by atoms with Crippen molar-refractivity contribution in [2.24, 2.45) is 5.10 Å². The van der Waals surface area contributed by atoms with E-state index in [9.17, 15) is 4.79 Å². The summed E-state index contributed by atoms with van der Waals surface area (Å²) in [5.41, 5.74) is 4.92. The molecule has 0 fully saturated rings. The van der Waals surface area contributed by atoms with Crippen molar-refractivity contribution in [3.8, 4) is 17.2 Å². The molecule has 0 radical (unpaired) electrons. The van der Waals surface area contributed by atoms with Gasteiger partial charge in [0.25, 0.3) is 5.91 Å². The number of hydrazone groups is 1. The predicted molar refractivity (Wildman–Crippen MR) is 139 cm³/mol. The number of carbonyl (C=O) groups is 1. The summed E-state index contributed by atoms with van der Waals surface area (Å²) >= 11 is 0. The Morgan fingerprint density at radius 2 is 1.60 bits per heavy atom. The molecule has 0 saturated carbocycles. The van der Waals surface area contributed by atoms with Gasteiger partial charge in [0.05, 0.1) is 19.4 Å². The highest BCUT2D eigenvalue weighted by atomic mass is 16.5. The largest absolute Gasteiger partial charge is 0.494 e. The summed E-state index contributed by atoms with van der Waals surface area (Å²) in [5, 5.41) is 6.43. The lowest BCUT2D eigenvalue weighted by molar-refractivity contribution is 0.0955. The van der Waals surface area contributed by atoms with Gasteiger partial charge in [-0.1, -0.05) is 42.5 Å². The molecule has 6 nitrogen and oxygen atoms in total. The molecule has 178 valence electrons. The van der Waals surface area contributed by atoms with Crippen LogP contribution in [0.25, 0.3) is 10.8 Å². The van der Waals surface area contributed by atoms with Crippen LogP contribution in [-0.4, -0.2) is 25.3 Å². The zero-order valence-corrected chi connectivity index (χ0v) is 19.9. The van der Waals surface area contributed by atoms with Gasteiger partial charge in [0.1, 0.15) is 12.4 Å². The average molecular weight is 469 g/mol. The highest BCUT2D eigenvalue weighted by Crippen LogP contribution is 2.30. The fraction of sp³-hybridized carbons (Fsp3) is 0.172. The maximum Gasteiger partial charge on any atom is 0.271 e. The van der Waals surface area contributed by atoms with Gasteiger partial charge in [-0.15, -0.1) is 0 Å². The van der Waals surface area contributed by atoms with Crippen molar-refractivity contribution in [2.75, 3.05) is 13.2 Å². The van der Waals surface area contributed by atoms with Crippen LogP contribution in [0.2, 0.25) is 0 Å². The maximum absolute atomic E-state index is 12.3. The number of nitrogens with one attached hydrogen (secondary N) is 1. The monoisotopic (exact) mass is 468 g/mol. The van der Waals surface area contributed by atoms with Gasteiger partial charge < -0.3 is 14.2 Å². The van der Waals surface area contributed by atoms with Crippen LogP contribution >= 0.6 is 0 Å². The van der Waals surface area contributed by atoms with Crippen LogP contribution in [0.3, 0.4) is 0 Å². The Bertz CT molecular complexity index is 1310. The van der Waals surface area contributed by atoms with E-state index in [1.165, 1.54) is 10.8 Å². The summed E-state index contributed by atoms with van der Waals surface area (Å²) < 4.78 is 17.3. The van der Waals surface area contributed by atoms with Crippen molar-refractivity contribution in [1.82, 2.24) is 5.43 Å². The molecular weight excluding hydrogens is 440 g/mol. The van der Waals surface area contributed by atoms with Gasteiger partial charge >= 0.3 is 0 Å². The number of rotatable bonds is 10. The van der Waals surface area contributed by atoms with Gasteiger partial charge in [0, 0.05) is 5.56 Å². The van der Waals surface area contributed by atoms with E-state index in [4.69, 9.17) is 14.2 Å². The number of fused-ring (bicyclic) bond motifs is 1. The van der Waals surface area contributed by atoms with Crippen molar-refractivity contribution in [1.29, 1.82) is 0 Å². The van der Waals surface area contributed by atoms with Gasteiger partial charge in [-0.3, -0.25) is 4.79 Å². The van der Waals surface area contributed by atoms with E-state index in [1.807, 2.05) is 50.2 Å². The van der Waals surface area contributed by atoms with Crippen molar-refractivity contribution in [2.45, 2.75) is 20.5 Å². The van der Waals surface area contributed by atoms with E-state index in [1.54, 1.807) is 30.5 Å². The Morgan fingerprint density at radius 3 is 2.40 bits per heavy atom. The molecule has 0 bridgehead atoms. The molecule has 0 aliphatic heterocycles. The lowest BCUT2D eigenvalue weighted by Crippen LogP contribution is -2.17. The predicted octanol–water partition coefficient (Wildman–Crippen LogP) is 5.98. The Morgan fingerprint density at radius 1 is 0.829 bits per heavy atom. The Balaban J connectivity index is 1.42. The lowest BCUT2D eigenvalue weighted by atomic mass is 10.1. The second-order valence-corrected chi connectivity index (χ2v) is 7.72. The van der Waals surface area contributed by atoms with Crippen molar-refractivity contribution >= 4 is 22.9 Å². The third-order valence-corrected chi connectivity index (χ3v) is 5.34. The fourth-order valence-electron chi connectivity index (χ4n) is 3.67. The molecule has 0 atom stereocenters. The molecule has 0 saturated heterocycles. The van der Waals surface area contributed by atoms with E-state index < -0.39 is 0 Å². The Labute approximate surface area is 205 Å². The van der Waals surface area contributed by atoms with Crippen LogP contribution in [-0.2, 0) is 6.61 Å². The van der Waals surface area contributed by atoms with Crippen LogP contribution in [0, 0.1) is 0 Å². The number of hydrogen-bond donors (Lipinski definition) is 1. The van der Waals surface area contributed by atoms with Gasteiger partial charge in [-0.25, -0.2) is 5.43 Å². The molecule has 4 rings (SSSR count). The minimum absolute atomic E-state index is 0.302. The topological polar surface area (TPSA) is 69.2 Å². The molecule has 0 aliphatic carbocycles. The van der Waals surface area contributed by atoms with Crippen LogP contribution < -0.4 is 19.6 Å². The third kappa shape index (κ3) is 6.18. The van der Waals surface area contributed by atoms with Crippen LogP contribution in [0.5, 0.6) is 17.2 Å². The normalized spacial score (nSPS) is 10.9. The maximum atomic E-state index is 12.3. The smallest absolute Gasteiger partial charge is 0.271 e. The lowest BCUT2D eigenvalue weighted by Gasteiger charge is -2.13. The van der Waals surface area contributed by atoms with Crippen molar-refractivity contribution in [3.05, 3.63) is 102 Å². The molecule has 4 aromatic rings. The van der Waals surface area contributed by atoms with E-state index >= 15 is 0 Å². The molecule has 0 aromatic heterocycles. The van der Waals surface area contributed by atoms with Crippen LogP contribution in [0.4, 0.5) is 0 Å². The summed E-state index contributed by atoms with van der Waals surface area (Å²) in [6.45, 7) is 5.33. The zero-order valence-electron chi connectivity index (χ0n) is 19.9. The molecule has 1 N–H and O–H groups in total. The van der Waals surface area contributed by atoms with E-state index in [0.29, 0.717) is 36.9 Å². The minimum atomic E-state index is -0.302. The molecule has 4 aromatic carbocycles.